The lowest BCUT2D eigenvalue weighted by Crippen LogP contribution is -2.20. The minimum absolute atomic E-state index is 0.0540. The fourth-order valence-corrected chi connectivity index (χ4v) is 3.19. The highest BCUT2D eigenvalue weighted by Gasteiger charge is 2.25. The predicted molar refractivity (Wildman–Crippen MR) is 77.9 cm³/mol. The quantitative estimate of drug-likeness (QED) is 0.815. The summed E-state index contributed by atoms with van der Waals surface area (Å²) in [5, 5.41) is 1.83. The second kappa shape index (κ2) is 4.76. The molecule has 0 spiro atoms. The van der Waals surface area contributed by atoms with Crippen molar-refractivity contribution >= 4 is 28.7 Å². The van der Waals surface area contributed by atoms with Gasteiger partial charge in [-0.3, -0.25) is 9.59 Å². The average Bonchev–Trinajstić information content (AvgIpc) is 3.03. The molecule has 0 fully saturated rings. The summed E-state index contributed by atoms with van der Waals surface area (Å²) < 4.78 is 5.18. The van der Waals surface area contributed by atoms with Crippen LogP contribution in [-0.2, 0) is 11.2 Å². The van der Waals surface area contributed by atoms with Crippen LogP contribution >= 0.6 is 11.3 Å². The number of nitrogens with zero attached hydrogens (tertiary/aromatic N) is 1. The third-order valence-electron chi connectivity index (χ3n) is 3.47. The van der Waals surface area contributed by atoms with E-state index >= 15 is 0 Å². The summed E-state index contributed by atoms with van der Waals surface area (Å²) in [6.07, 6.45) is 0.356. The van der Waals surface area contributed by atoms with E-state index in [0.717, 1.165) is 11.3 Å². The Hall–Kier alpha value is -2.14. The second-order valence-electron chi connectivity index (χ2n) is 4.62. The lowest BCUT2D eigenvalue weighted by atomic mass is 10.0. The Balaban J connectivity index is 1.99. The first kappa shape index (κ1) is 12.9. The van der Waals surface area contributed by atoms with Crippen LogP contribution in [0.3, 0.4) is 0 Å². The summed E-state index contributed by atoms with van der Waals surface area (Å²) in [4.78, 5) is 26.4. The van der Waals surface area contributed by atoms with Crippen molar-refractivity contribution in [3.63, 3.8) is 0 Å². The van der Waals surface area contributed by atoms with Gasteiger partial charge < -0.3 is 9.64 Å². The first-order chi connectivity index (χ1) is 9.61. The molecule has 1 aromatic carbocycles. The maximum absolute atomic E-state index is 12.5. The van der Waals surface area contributed by atoms with Gasteiger partial charge in [0.15, 0.2) is 0 Å². The van der Waals surface area contributed by atoms with E-state index in [9.17, 15) is 9.59 Å². The van der Waals surface area contributed by atoms with Gasteiger partial charge in [0, 0.05) is 18.3 Å². The number of carbonyl (C=O) groups is 2. The van der Waals surface area contributed by atoms with E-state index in [0.29, 0.717) is 22.6 Å². The molecule has 0 unspecified atom stereocenters. The van der Waals surface area contributed by atoms with Crippen molar-refractivity contribution in [2.45, 2.75) is 6.42 Å². The van der Waals surface area contributed by atoms with E-state index in [-0.39, 0.29) is 11.7 Å². The Bertz CT molecular complexity index is 705. The van der Waals surface area contributed by atoms with Crippen molar-refractivity contribution in [1.82, 2.24) is 0 Å². The maximum atomic E-state index is 12.5. The molecule has 102 valence electrons. The van der Waals surface area contributed by atoms with Gasteiger partial charge in [0.05, 0.1) is 13.5 Å². The number of ketones is 1. The molecule has 5 heteroatoms. The first-order valence-corrected chi connectivity index (χ1v) is 7.05. The maximum Gasteiger partial charge on any atom is 0.231 e. The van der Waals surface area contributed by atoms with Crippen LogP contribution in [0, 0.1) is 0 Å². The summed E-state index contributed by atoms with van der Waals surface area (Å²) in [6.45, 7) is 0. The van der Waals surface area contributed by atoms with Crippen molar-refractivity contribution < 1.29 is 14.3 Å². The lowest BCUT2D eigenvalue weighted by molar-refractivity contribution is -0.117. The van der Waals surface area contributed by atoms with Gasteiger partial charge in [-0.15, -0.1) is 11.3 Å². The van der Waals surface area contributed by atoms with Gasteiger partial charge in [-0.05, 0) is 35.2 Å². The number of thiophene rings is 1. The minimum Gasteiger partial charge on any atom is -0.495 e. The minimum atomic E-state index is -0.0679. The van der Waals surface area contributed by atoms with E-state index < -0.39 is 0 Å². The average molecular weight is 287 g/mol. The summed E-state index contributed by atoms with van der Waals surface area (Å²) in [7, 11) is 3.30. The van der Waals surface area contributed by atoms with Crippen LogP contribution in [0.2, 0.25) is 0 Å². The molecule has 0 aliphatic carbocycles. The predicted octanol–water partition coefficient (Wildman–Crippen LogP) is 2.51. The summed E-state index contributed by atoms with van der Waals surface area (Å²) in [5.74, 6) is 0.577. The molecule has 0 saturated heterocycles. The molecule has 2 aromatic rings. The lowest BCUT2D eigenvalue weighted by Gasteiger charge is -2.10. The fourth-order valence-electron chi connectivity index (χ4n) is 2.37. The number of benzene rings is 1. The zero-order valence-electron chi connectivity index (χ0n) is 11.2. The van der Waals surface area contributed by atoms with E-state index in [2.05, 4.69) is 0 Å². The molecular formula is C15H13NO3S. The normalized spacial score (nSPS) is 13.5. The number of amides is 1. The van der Waals surface area contributed by atoms with Gasteiger partial charge in [0.2, 0.25) is 11.7 Å². The molecule has 0 saturated carbocycles. The number of likely N-dealkylation sites (N-methyl/N-ethyl adjacent to an activating group) is 1. The van der Waals surface area contributed by atoms with Crippen molar-refractivity contribution in [3.8, 4) is 5.75 Å². The monoisotopic (exact) mass is 287 g/mol. The molecular weight excluding hydrogens is 274 g/mol. The van der Waals surface area contributed by atoms with Gasteiger partial charge >= 0.3 is 0 Å². The Labute approximate surface area is 120 Å². The van der Waals surface area contributed by atoms with Crippen LogP contribution in [0.25, 0.3) is 0 Å². The fraction of sp³-hybridized carbons (Fsp3) is 0.200. The van der Waals surface area contributed by atoms with Crippen LogP contribution in [0.4, 0.5) is 5.69 Å². The molecule has 1 amide bonds. The largest absolute Gasteiger partial charge is 0.495 e. The van der Waals surface area contributed by atoms with Crippen LogP contribution < -0.4 is 9.64 Å². The second-order valence-corrected chi connectivity index (χ2v) is 5.54. The van der Waals surface area contributed by atoms with Gasteiger partial charge in [0.1, 0.15) is 10.6 Å². The van der Waals surface area contributed by atoms with Crippen LogP contribution in [0.5, 0.6) is 5.75 Å². The molecule has 1 aliphatic heterocycles. The Kier molecular flexibility index (Phi) is 3.06. The Morgan fingerprint density at radius 2 is 2.15 bits per heavy atom. The Morgan fingerprint density at radius 1 is 1.35 bits per heavy atom. The Morgan fingerprint density at radius 3 is 2.90 bits per heavy atom. The number of anilines is 1. The SMILES string of the molecule is COc1ccsc1C(=O)c1ccc2c(c1)CC(=O)N2C. The standard InChI is InChI=1S/C15H13NO3S/c1-16-11-4-3-9(7-10(11)8-13(16)17)14(18)15-12(19-2)5-6-20-15/h3-7H,8H2,1-2H3. The van der Waals surface area contributed by atoms with Crippen LogP contribution in [0.15, 0.2) is 29.6 Å². The third-order valence-corrected chi connectivity index (χ3v) is 4.37. The molecule has 0 N–H and O–H groups in total. The number of rotatable bonds is 3. The van der Waals surface area contributed by atoms with Gasteiger partial charge in [-0.2, -0.15) is 0 Å². The van der Waals surface area contributed by atoms with Gasteiger partial charge in [0.25, 0.3) is 0 Å². The van der Waals surface area contributed by atoms with Crippen LogP contribution in [-0.4, -0.2) is 25.8 Å². The molecule has 4 nitrogen and oxygen atoms in total. The number of methoxy groups -OCH3 is 1. The smallest absolute Gasteiger partial charge is 0.231 e. The molecule has 20 heavy (non-hydrogen) atoms. The zero-order valence-corrected chi connectivity index (χ0v) is 12.0. The number of carbonyl (C=O) groups excluding carboxylic acids is 2. The molecule has 0 atom stereocenters. The topological polar surface area (TPSA) is 46.6 Å². The summed E-state index contributed by atoms with van der Waals surface area (Å²) >= 11 is 1.36. The molecule has 0 bridgehead atoms. The van der Waals surface area contributed by atoms with E-state index in [1.807, 2.05) is 11.4 Å². The zero-order chi connectivity index (χ0) is 14.3. The van der Waals surface area contributed by atoms with Crippen molar-refractivity contribution in [1.29, 1.82) is 0 Å². The molecule has 1 aliphatic rings. The third kappa shape index (κ3) is 1.91. The first-order valence-electron chi connectivity index (χ1n) is 6.17. The molecule has 2 heterocycles. The highest BCUT2D eigenvalue weighted by molar-refractivity contribution is 7.12. The van der Waals surface area contributed by atoms with Gasteiger partial charge in [-0.25, -0.2) is 0 Å². The van der Waals surface area contributed by atoms with Gasteiger partial charge in [-0.1, -0.05) is 0 Å². The number of hydrogen-bond acceptors (Lipinski definition) is 4. The van der Waals surface area contributed by atoms with Crippen molar-refractivity contribution in [2.24, 2.45) is 0 Å². The molecule has 0 radical (unpaired) electrons. The molecule has 1 aromatic heterocycles. The van der Waals surface area contributed by atoms with Crippen molar-refractivity contribution in [3.05, 3.63) is 45.6 Å². The summed E-state index contributed by atoms with van der Waals surface area (Å²) in [6, 6.07) is 7.17. The summed E-state index contributed by atoms with van der Waals surface area (Å²) in [5.41, 5.74) is 2.37. The molecule has 3 rings (SSSR count). The van der Waals surface area contributed by atoms with Crippen molar-refractivity contribution in [2.75, 3.05) is 19.1 Å². The number of hydrogen-bond donors (Lipinski definition) is 0. The highest BCUT2D eigenvalue weighted by Crippen LogP contribution is 2.31. The number of ether oxygens (including phenoxy) is 1. The van der Waals surface area contributed by atoms with E-state index in [1.54, 1.807) is 37.3 Å². The number of fused-ring (bicyclic) bond motifs is 1. The van der Waals surface area contributed by atoms with Crippen LogP contribution in [0.1, 0.15) is 20.8 Å². The van der Waals surface area contributed by atoms with E-state index in [1.165, 1.54) is 11.3 Å². The highest BCUT2D eigenvalue weighted by atomic mass is 32.1. The van der Waals surface area contributed by atoms with E-state index in [4.69, 9.17) is 4.74 Å².